The molecule has 1 aromatic heterocycles. The van der Waals surface area contributed by atoms with Crippen molar-refractivity contribution in [1.82, 2.24) is 14.9 Å². The van der Waals surface area contributed by atoms with Gasteiger partial charge in [0.2, 0.25) is 0 Å². The molecule has 150 valence electrons. The van der Waals surface area contributed by atoms with Gasteiger partial charge in [0.1, 0.15) is 11.3 Å². The number of benzene rings is 2. The standard InChI is InChI=1S/C21H20ClN3O4/c1-29-16-7-4-5-14(11-16)9-10-23-19(26)17-12-24-21(28)25(20(17)27)13-15-6-2-3-8-18(15)22/h2-8,11-12H,9-10,13H2,1H3,(H,23,26)(H,24,28). The van der Waals surface area contributed by atoms with Crippen LogP contribution in [0.3, 0.4) is 0 Å². The SMILES string of the molecule is COc1cccc(CCNC(=O)c2c[nH]c(=O)n(Cc3ccccc3Cl)c2=O)c1. The van der Waals surface area contributed by atoms with Crippen LogP contribution in [0.5, 0.6) is 5.75 Å². The number of carbonyl (C=O) groups is 1. The summed E-state index contributed by atoms with van der Waals surface area (Å²) in [6.07, 6.45) is 1.70. The molecule has 2 aromatic carbocycles. The van der Waals surface area contributed by atoms with Gasteiger partial charge in [-0.15, -0.1) is 0 Å². The van der Waals surface area contributed by atoms with Crippen molar-refractivity contribution in [2.24, 2.45) is 0 Å². The lowest BCUT2D eigenvalue weighted by Crippen LogP contribution is -2.41. The minimum Gasteiger partial charge on any atom is -0.497 e. The fourth-order valence-corrected chi connectivity index (χ4v) is 3.05. The van der Waals surface area contributed by atoms with Gasteiger partial charge in [-0.1, -0.05) is 41.9 Å². The molecule has 0 saturated heterocycles. The van der Waals surface area contributed by atoms with Crippen molar-refractivity contribution >= 4 is 17.5 Å². The van der Waals surface area contributed by atoms with Gasteiger partial charge >= 0.3 is 5.69 Å². The Morgan fingerprint density at radius 2 is 1.97 bits per heavy atom. The monoisotopic (exact) mass is 413 g/mol. The van der Waals surface area contributed by atoms with Crippen LogP contribution in [-0.4, -0.2) is 29.1 Å². The summed E-state index contributed by atoms with van der Waals surface area (Å²) in [5.41, 5.74) is 0.178. The lowest BCUT2D eigenvalue weighted by atomic mass is 10.1. The van der Waals surface area contributed by atoms with Crippen molar-refractivity contribution in [3.8, 4) is 5.75 Å². The Morgan fingerprint density at radius 3 is 2.72 bits per heavy atom. The number of hydrogen-bond acceptors (Lipinski definition) is 4. The molecule has 3 aromatic rings. The molecule has 0 atom stereocenters. The quantitative estimate of drug-likeness (QED) is 0.621. The first-order chi connectivity index (χ1) is 14.0. The highest BCUT2D eigenvalue weighted by molar-refractivity contribution is 6.31. The topological polar surface area (TPSA) is 93.2 Å². The molecule has 0 fully saturated rings. The number of carbonyl (C=O) groups excluding carboxylic acids is 1. The smallest absolute Gasteiger partial charge is 0.328 e. The van der Waals surface area contributed by atoms with E-state index in [0.29, 0.717) is 23.6 Å². The number of rotatable bonds is 7. The van der Waals surface area contributed by atoms with Crippen LogP contribution in [0.1, 0.15) is 21.5 Å². The van der Waals surface area contributed by atoms with Crippen molar-refractivity contribution in [2.75, 3.05) is 13.7 Å². The molecule has 3 rings (SSSR count). The van der Waals surface area contributed by atoms with Crippen LogP contribution in [0.2, 0.25) is 5.02 Å². The Morgan fingerprint density at radius 1 is 1.17 bits per heavy atom. The van der Waals surface area contributed by atoms with E-state index in [4.69, 9.17) is 16.3 Å². The average molecular weight is 414 g/mol. The molecular formula is C21H20ClN3O4. The van der Waals surface area contributed by atoms with E-state index in [9.17, 15) is 14.4 Å². The van der Waals surface area contributed by atoms with E-state index in [1.165, 1.54) is 0 Å². The lowest BCUT2D eigenvalue weighted by molar-refractivity contribution is 0.0951. The first-order valence-corrected chi connectivity index (χ1v) is 9.34. The second-order valence-electron chi connectivity index (χ2n) is 6.35. The van der Waals surface area contributed by atoms with Gasteiger partial charge in [0.15, 0.2) is 0 Å². The predicted molar refractivity (Wildman–Crippen MR) is 111 cm³/mol. The molecule has 2 N–H and O–H groups in total. The second kappa shape index (κ2) is 9.25. The highest BCUT2D eigenvalue weighted by Crippen LogP contribution is 2.15. The van der Waals surface area contributed by atoms with Crippen molar-refractivity contribution < 1.29 is 9.53 Å². The Hall–Kier alpha value is -3.32. The number of hydrogen-bond donors (Lipinski definition) is 2. The summed E-state index contributed by atoms with van der Waals surface area (Å²) in [4.78, 5) is 39.7. The van der Waals surface area contributed by atoms with Crippen molar-refractivity contribution in [3.63, 3.8) is 0 Å². The predicted octanol–water partition coefficient (Wildman–Crippen LogP) is 2.22. The number of nitrogens with one attached hydrogen (secondary N) is 2. The highest BCUT2D eigenvalue weighted by atomic mass is 35.5. The molecule has 0 saturated carbocycles. The van der Waals surface area contributed by atoms with Crippen molar-refractivity contribution in [2.45, 2.75) is 13.0 Å². The Bertz CT molecular complexity index is 1140. The maximum Gasteiger partial charge on any atom is 0.328 e. The molecule has 1 heterocycles. The molecule has 1 amide bonds. The van der Waals surface area contributed by atoms with E-state index < -0.39 is 17.2 Å². The number of H-pyrrole nitrogens is 1. The van der Waals surface area contributed by atoms with Crippen LogP contribution >= 0.6 is 11.6 Å². The van der Waals surface area contributed by atoms with Crippen LogP contribution in [0, 0.1) is 0 Å². The van der Waals surface area contributed by atoms with E-state index in [-0.39, 0.29) is 12.1 Å². The highest BCUT2D eigenvalue weighted by Gasteiger charge is 2.15. The van der Waals surface area contributed by atoms with Gasteiger partial charge in [-0.05, 0) is 35.7 Å². The van der Waals surface area contributed by atoms with E-state index in [0.717, 1.165) is 22.1 Å². The molecule has 0 aliphatic heterocycles. The number of amides is 1. The lowest BCUT2D eigenvalue weighted by Gasteiger charge is -2.09. The fraction of sp³-hybridized carbons (Fsp3) is 0.190. The molecule has 0 aliphatic rings. The largest absolute Gasteiger partial charge is 0.497 e. The number of nitrogens with zero attached hydrogens (tertiary/aromatic N) is 1. The number of aromatic amines is 1. The number of methoxy groups -OCH3 is 1. The summed E-state index contributed by atoms with van der Waals surface area (Å²) in [5.74, 6) is 0.180. The van der Waals surface area contributed by atoms with Gasteiger partial charge in [-0.3, -0.25) is 14.2 Å². The summed E-state index contributed by atoms with van der Waals surface area (Å²) >= 11 is 6.11. The first kappa shape index (κ1) is 20.4. The number of ether oxygens (including phenoxy) is 1. The minimum atomic E-state index is -0.674. The van der Waals surface area contributed by atoms with Crippen LogP contribution in [-0.2, 0) is 13.0 Å². The summed E-state index contributed by atoms with van der Waals surface area (Å²) in [6.45, 7) is 0.299. The third-order valence-electron chi connectivity index (χ3n) is 4.42. The first-order valence-electron chi connectivity index (χ1n) is 8.96. The van der Waals surface area contributed by atoms with Gasteiger partial charge < -0.3 is 15.0 Å². The van der Waals surface area contributed by atoms with E-state index in [2.05, 4.69) is 10.3 Å². The normalized spacial score (nSPS) is 10.6. The Kier molecular flexibility index (Phi) is 6.51. The maximum atomic E-state index is 12.7. The van der Waals surface area contributed by atoms with Gasteiger partial charge in [0, 0.05) is 17.8 Å². The third-order valence-corrected chi connectivity index (χ3v) is 4.79. The zero-order valence-corrected chi connectivity index (χ0v) is 16.5. The van der Waals surface area contributed by atoms with Crippen LogP contribution in [0.4, 0.5) is 0 Å². The van der Waals surface area contributed by atoms with Crippen molar-refractivity contribution in [1.29, 1.82) is 0 Å². The zero-order valence-electron chi connectivity index (χ0n) is 15.8. The van der Waals surface area contributed by atoms with E-state index in [1.54, 1.807) is 31.4 Å². The molecule has 29 heavy (non-hydrogen) atoms. The van der Waals surface area contributed by atoms with Crippen LogP contribution in [0.25, 0.3) is 0 Å². The van der Waals surface area contributed by atoms with Crippen molar-refractivity contribution in [3.05, 3.63) is 97.3 Å². The second-order valence-corrected chi connectivity index (χ2v) is 6.75. The molecule has 0 bridgehead atoms. The van der Waals surface area contributed by atoms with Gasteiger partial charge in [-0.25, -0.2) is 4.79 Å². The summed E-state index contributed by atoms with van der Waals surface area (Å²) in [5, 5.41) is 3.14. The average Bonchev–Trinajstić information content (AvgIpc) is 2.72. The Labute approximate surface area is 171 Å². The van der Waals surface area contributed by atoms with E-state index >= 15 is 0 Å². The molecule has 0 spiro atoms. The van der Waals surface area contributed by atoms with Crippen LogP contribution in [0.15, 0.2) is 64.3 Å². The maximum absolute atomic E-state index is 12.7. The molecular weight excluding hydrogens is 394 g/mol. The van der Waals surface area contributed by atoms with E-state index in [1.807, 2.05) is 24.3 Å². The minimum absolute atomic E-state index is 0.0290. The number of aromatic nitrogens is 2. The summed E-state index contributed by atoms with van der Waals surface area (Å²) < 4.78 is 6.13. The number of halogens is 1. The van der Waals surface area contributed by atoms with Gasteiger partial charge in [-0.2, -0.15) is 0 Å². The summed E-state index contributed by atoms with van der Waals surface area (Å²) in [7, 11) is 1.59. The molecule has 8 heteroatoms. The van der Waals surface area contributed by atoms with Gasteiger partial charge in [0.25, 0.3) is 11.5 Å². The molecule has 0 aliphatic carbocycles. The molecule has 0 radical (unpaired) electrons. The van der Waals surface area contributed by atoms with Gasteiger partial charge in [0.05, 0.1) is 13.7 Å². The molecule has 7 nitrogen and oxygen atoms in total. The molecule has 0 unspecified atom stereocenters. The van der Waals surface area contributed by atoms with Crippen LogP contribution < -0.4 is 21.3 Å². The zero-order chi connectivity index (χ0) is 20.8. The Balaban J connectivity index is 1.73. The fourth-order valence-electron chi connectivity index (χ4n) is 2.86. The summed E-state index contributed by atoms with van der Waals surface area (Å²) in [6, 6.07) is 14.4. The third kappa shape index (κ3) is 4.94.